The lowest BCUT2D eigenvalue weighted by Crippen LogP contribution is -2.43. The van der Waals surface area contributed by atoms with Crippen LogP contribution in [0.3, 0.4) is 0 Å². The molecule has 0 bridgehead atoms. The third kappa shape index (κ3) is 4.71. The largest absolute Gasteiger partial charge is 0.338 e. The molecule has 1 N–H and O–H groups in total. The van der Waals surface area contributed by atoms with Crippen LogP contribution in [0.15, 0.2) is 46.2 Å². The van der Waals surface area contributed by atoms with E-state index in [1.54, 1.807) is 43.3 Å². The highest BCUT2D eigenvalue weighted by molar-refractivity contribution is 7.89. The summed E-state index contributed by atoms with van der Waals surface area (Å²) >= 11 is 6.03. The average Bonchev–Trinajstić information content (AvgIpc) is 2.70. The van der Waals surface area contributed by atoms with Gasteiger partial charge in [-0.3, -0.25) is 9.59 Å². The third-order valence-electron chi connectivity index (χ3n) is 5.33. The fourth-order valence-corrected chi connectivity index (χ4v) is 5.07. The van der Waals surface area contributed by atoms with Crippen LogP contribution in [-0.4, -0.2) is 43.4 Å². The van der Waals surface area contributed by atoms with Gasteiger partial charge in [-0.15, -0.1) is 0 Å². The van der Waals surface area contributed by atoms with Gasteiger partial charge in [-0.05, 0) is 55.5 Å². The highest BCUT2D eigenvalue weighted by atomic mass is 35.5. The van der Waals surface area contributed by atoms with Crippen molar-refractivity contribution < 1.29 is 13.2 Å². The number of aryl methyl sites for hydroxylation is 1. The van der Waals surface area contributed by atoms with Gasteiger partial charge in [0.05, 0.1) is 4.90 Å². The van der Waals surface area contributed by atoms with Crippen LogP contribution in [0.1, 0.15) is 28.8 Å². The minimum Gasteiger partial charge on any atom is -0.338 e. The van der Waals surface area contributed by atoms with Gasteiger partial charge in [0, 0.05) is 37.9 Å². The minimum atomic E-state index is -3.66. The second-order valence-corrected chi connectivity index (χ2v) is 9.43. The molecule has 2 aromatic rings. The number of amides is 1. The van der Waals surface area contributed by atoms with E-state index in [1.807, 2.05) is 0 Å². The van der Waals surface area contributed by atoms with Gasteiger partial charge in [-0.25, -0.2) is 13.1 Å². The number of halogens is 1. The molecule has 1 aliphatic rings. The monoisotopic (exact) mass is 437 g/mol. The van der Waals surface area contributed by atoms with Gasteiger partial charge in [0.1, 0.15) is 5.56 Å². The fourth-order valence-electron chi connectivity index (χ4n) is 3.45. The summed E-state index contributed by atoms with van der Waals surface area (Å²) in [6.07, 6.45) is 2.94. The third-order valence-corrected chi connectivity index (χ3v) is 7.30. The molecule has 1 saturated heterocycles. The number of carbonyl (C=O) groups excluding carboxylic acids is 1. The van der Waals surface area contributed by atoms with E-state index >= 15 is 0 Å². The molecule has 0 aliphatic carbocycles. The number of rotatable bonds is 5. The predicted molar refractivity (Wildman–Crippen MR) is 112 cm³/mol. The quantitative estimate of drug-likeness (QED) is 0.776. The minimum absolute atomic E-state index is 0.118. The first-order valence-corrected chi connectivity index (χ1v) is 11.3. The van der Waals surface area contributed by atoms with E-state index in [9.17, 15) is 18.0 Å². The van der Waals surface area contributed by atoms with Crippen LogP contribution in [-0.2, 0) is 17.1 Å². The standard InChI is InChI=1S/C20H24ClN3O4S/c1-14-17(21)6-3-7-18(14)29(27,28)22-13-15-8-11-24(12-9-15)20(26)16-5-4-10-23(2)19(16)25/h3-7,10,15,22H,8-9,11-13H2,1-2H3. The fraction of sp³-hybridized carbons (Fsp3) is 0.400. The maximum Gasteiger partial charge on any atom is 0.263 e. The number of nitrogens with one attached hydrogen (secondary N) is 1. The SMILES string of the molecule is Cc1c(Cl)cccc1S(=O)(=O)NCC1CCN(C(=O)c2cccn(C)c2=O)CC1. The van der Waals surface area contributed by atoms with Crippen molar-refractivity contribution in [2.45, 2.75) is 24.7 Å². The van der Waals surface area contributed by atoms with Crippen LogP contribution in [0.2, 0.25) is 5.02 Å². The number of nitrogens with zero attached hydrogens (tertiary/aromatic N) is 2. The number of likely N-dealkylation sites (tertiary alicyclic amines) is 1. The Bertz CT molecular complexity index is 1070. The van der Waals surface area contributed by atoms with Gasteiger partial charge in [0.15, 0.2) is 0 Å². The number of pyridine rings is 1. The lowest BCUT2D eigenvalue weighted by atomic mass is 9.97. The zero-order valence-electron chi connectivity index (χ0n) is 16.4. The molecule has 1 aliphatic heterocycles. The molecule has 156 valence electrons. The highest BCUT2D eigenvalue weighted by Gasteiger charge is 2.27. The van der Waals surface area contributed by atoms with E-state index in [0.717, 1.165) is 0 Å². The van der Waals surface area contributed by atoms with Crippen molar-refractivity contribution in [3.05, 3.63) is 63.0 Å². The lowest BCUT2D eigenvalue weighted by molar-refractivity contribution is 0.0689. The molecule has 1 fully saturated rings. The lowest BCUT2D eigenvalue weighted by Gasteiger charge is -2.32. The molecule has 1 aromatic heterocycles. The molecule has 9 heteroatoms. The van der Waals surface area contributed by atoms with Crippen molar-refractivity contribution in [3.8, 4) is 0 Å². The van der Waals surface area contributed by atoms with Crippen molar-refractivity contribution >= 4 is 27.5 Å². The van der Waals surface area contributed by atoms with E-state index in [4.69, 9.17) is 11.6 Å². The average molecular weight is 438 g/mol. The Morgan fingerprint density at radius 2 is 1.90 bits per heavy atom. The molecule has 0 spiro atoms. The van der Waals surface area contributed by atoms with E-state index in [2.05, 4.69) is 4.72 Å². The van der Waals surface area contributed by atoms with Crippen molar-refractivity contribution in [2.75, 3.05) is 19.6 Å². The second-order valence-electron chi connectivity index (χ2n) is 7.29. The summed E-state index contributed by atoms with van der Waals surface area (Å²) in [5, 5.41) is 0.409. The Morgan fingerprint density at radius 3 is 2.59 bits per heavy atom. The van der Waals surface area contributed by atoms with Crippen LogP contribution in [0, 0.1) is 12.8 Å². The number of benzene rings is 1. The number of aromatic nitrogens is 1. The first kappa shape index (κ1) is 21.5. The highest BCUT2D eigenvalue weighted by Crippen LogP contribution is 2.23. The summed E-state index contributed by atoms with van der Waals surface area (Å²) in [4.78, 5) is 26.6. The number of sulfonamides is 1. The summed E-state index contributed by atoms with van der Waals surface area (Å²) in [6, 6.07) is 8.02. The molecule has 0 unspecified atom stereocenters. The number of carbonyl (C=O) groups is 1. The Labute approximate surface area is 175 Å². The molecular formula is C20H24ClN3O4S. The zero-order valence-corrected chi connectivity index (χ0v) is 18.0. The molecule has 1 aromatic carbocycles. The molecule has 0 radical (unpaired) electrons. The maximum absolute atomic E-state index is 12.6. The van der Waals surface area contributed by atoms with Crippen LogP contribution < -0.4 is 10.3 Å². The Hall–Kier alpha value is -2.16. The second kappa shape index (κ2) is 8.69. The summed E-state index contributed by atoms with van der Waals surface area (Å²) in [5.41, 5.74) is 0.362. The van der Waals surface area contributed by atoms with Crippen LogP contribution in [0.5, 0.6) is 0 Å². The van der Waals surface area contributed by atoms with Gasteiger partial charge in [0.25, 0.3) is 11.5 Å². The molecule has 2 heterocycles. The van der Waals surface area contributed by atoms with E-state index in [0.29, 0.717) is 43.1 Å². The Kier molecular flexibility index (Phi) is 6.45. The van der Waals surface area contributed by atoms with Crippen molar-refractivity contribution in [3.63, 3.8) is 0 Å². The van der Waals surface area contributed by atoms with Crippen molar-refractivity contribution in [2.24, 2.45) is 13.0 Å². The molecule has 7 nitrogen and oxygen atoms in total. The molecule has 1 amide bonds. The Morgan fingerprint density at radius 1 is 1.21 bits per heavy atom. The van der Waals surface area contributed by atoms with Gasteiger partial charge in [-0.2, -0.15) is 0 Å². The Balaban J connectivity index is 1.59. The summed E-state index contributed by atoms with van der Waals surface area (Å²) < 4.78 is 29.3. The molecular weight excluding hydrogens is 414 g/mol. The first-order valence-electron chi connectivity index (χ1n) is 9.40. The normalized spacial score (nSPS) is 15.5. The number of piperidine rings is 1. The maximum atomic E-state index is 12.6. The molecule has 3 rings (SSSR count). The van der Waals surface area contributed by atoms with Crippen molar-refractivity contribution in [1.29, 1.82) is 0 Å². The smallest absolute Gasteiger partial charge is 0.263 e. The van der Waals surface area contributed by atoms with Crippen LogP contribution in [0.4, 0.5) is 0 Å². The predicted octanol–water partition coefficient (Wildman–Crippen LogP) is 2.18. The molecule has 0 saturated carbocycles. The van der Waals surface area contributed by atoms with Crippen LogP contribution >= 0.6 is 11.6 Å². The summed E-state index contributed by atoms with van der Waals surface area (Å²) in [6.45, 7) is 2.94. The summed E-state index contributed by atoms with van der Waals surface area (Å²) in [7, 11) is -2.04. The molecule has 29 heavy (non-hydrogen) atoms. The summed E-state index contributed by atoms with van der Waals surface area (Å²) in [5.74, 6) is -0.160. The van der Waals surface area contributed by atoms with E-state index < -0.39 is 10.0 Å². The topological polar surface area (TPSA) is 88.5 Å². The van der Waals surface area contributed by atoms with Crippen LogP contribution in [0.25, 0.3) is 0 Å². The van der Waals surface area contributed by atoms with E-state index in [-0.39, 0.29) is 27.8 Å². The van der Waals surface area contributed by atoms with Gasteiger partial charge in [0.2, 0.25) is 10.0 Å². The van der Waals surface area contributed by atoms with Gasteiger partial charge < -0.3 is 9.47 Å². The van der Waals surface area contributed by atoms with E-state index in [1.165, 1.54) is 16.7 Å². The first-order chi connectivity index (χ1) is 13.7. The van der Waals surface area contributed by atoms with Gasteiger partial charge in [-0.1, -0.05) is 17.7 Å². The zero-order chi connectivity index (χ0) is 21.2. The number of hydrogen-bond donors (Lipinski definition) is 1. The van der Waals surface area contributed by atoms with Gasteiger partial charge >= 0.3 is 0 Å². The number of hydrogen-bond acceptors (Lipinski definition) is 4. The van der Waals surface area contributed by atoms with Crippen molar-refractivity contribution in [1.82, 2.24) is 14.2 Å². The molecule has 0 atom stereocenters.